The smallest absolute Gasteiger partial charge is 0.223 e. The second-order valence-corrected chi connectivity index (χ2v) is 8.32. The van der Waals surface area contributed by atoms with E-state index in [-0.39, 0.29) is 5.28 Å². The summed E-state index contributed by atoms with van der Waals surface area (Å²) in [6.45, 7) is 7.28. The van der Waals surface area contributed by atoms with Crippen LogP contribution >= 0.6 is 22.9 Å². The molecule has 1 saturated heterocycles. The molecule has 0 amide bonds. The van der Waals surface area contributed by atoms with Crippen LogP contribution in [0.4, 0.5) is 10.9 Å². The van der Waals surface area contributed by atoms with Gasteiger partial charge in [-0.1, -0.05) is 17.4 Å². The molecule has 0 aromatic carbocycles. The van der Waals surface area contributed by atoms with Crippen LogP contribution in [0.25, 0.3) is 10.6 Å². The third-order valence-electron chi connectivity index (χ3n) is 4.65. The quantitative estimate of drug-likeness (QED) is 0.640. The highest BCUT2D eigenvalue weighted by molar-refractivity contribution is 7.18. The van der Waals surface area contributed by atoms with Gasteiger partial charge in [0.15, 0.2) is 5.13 Å². The normalized spacial score (nSPS) is 15.7. The van der Waals surface area contributed by atoms with E-state index in [9.17, 15) is 0 Å². The van der Waals surface area contributed by atoms with Gasteiger partial charge in [0.2, 0.25) is 5.28 Å². The fourth-order valence-electron chi connectivity index (χ4n) is 3.07. The maximum atomic E-state index is 5.96. The molecule has 1 fully saturated rings. The van der Waals surface area contributed by atoms with Crippen LogP contribution in [-0.4, -0.2) is 63.0 Å². The molecule has 1 aliphatic rings. The molecule has 9 heteroatoms. The van der Waals surface area contributed by atoms with E-state index in [2.05, 4.69) is 48.2 Å². The molecule has 0 saturated carbocycles. The topological polar surface area (TPSA) is 70.1 Å². The van der Waals surface area contributed by atoms with Crippen molar-refractivity contribution in [1.29, 1.82) is 0 Å². The molecule has 3 aromatic rings. The minimum Gasteiger partial charge on any atom is -0.316 e. The van der Waals surface area contributed by atoms with Gasteiger partial charge < -0.3 is 10.2 Å². The molecule has 0 aliphatic carbocycles. The molecular formula is C19H22ClN7S. The molecule has 4 heterocycles. The van der Waals surface area contributed by atoms with Gasteiger partial charge >= 0.3 is 0 Å². The predicted molar refractivity (Wildman–Crippen MR) is 113 cm³/mol. The van der Waals surface area contributed by atoms with Gasteiger partial charge in [-0.05, 0) is 43.3 Å². The lowest BCUT2D eigenvalue weighted by molar-refractivity contribution is 0.148. The molecule has 7 nitrogen and oxygen atoms in total. The van der Waals surface area contributed by atoms with Crippen molar-refractivity contribution in [2.45, 2.75) is 13.5 Å². The first-order valence-corrected chi connectivity index (χ1v) is 10.3. The molecule has 28 heavy (non-hydrogen) atoms. The van der Waals surface area contributed by atoms with Gasteiger partial charge in [0.1, 0.15) is 5.82 Å². The van der Waals surface area contributed by atoms with Crippen LogP contribution in [-0.2, 0) is 6.54 Å². The van der Waals surface area contributed by atoms with Crippen molar-refractivity contribution in [3.8, 4) is 10.6 Å². The molecule has 1 aliphatic heterocycles. The van der Waals surface area contributed by atoms with Crippen molar-refractivity contribution in [2.75, 3.05) is 38.5 Å². The van der Waals surface area contributed by atoms with Crippen LogP contribution in [0, 0.1) is 6.92 Å². The number of aromatic nitrogens is 4. The first kappa shape index (κ1) is 19.2. The summed E-state index contributed by atoms with van der Waals surface area (Å²) < 4.78 is 0. The van der Waals surface area contributed by atoms with Crippen LogP contribution in [0.2, 0.25) is 5.28 Å². The maximum Gasteiger partial charge on any atom is 0.223 e. The molecule has 0 unspecified atom stereocenters. The standard InChI is InChI=1S/C19H22ClN7S/c1-13-9-15(24-18(20)23-13)16-11-22-19(28-16)25-17-4-3-14(10-21-17)12-27-7-5-26(2)6-8-27/h3-4,9-11H,5-8,12H2,1-2H3,(H,21,22,25). The summed E-state index contributed by atoms with van der Waals surface area (Å²) in [6, 6.07) is 6.02. The highest BCUT2D eigenvalue weighted by Gasteiger charge is 2.14. The molecule has 0 radical (unpaired) electrons. The summed E-state index contributed by atoms with van der Waals surface area (Å²) in [5, 5.41) is 4.27. The monoisotopic (exact) mass is 415 g/mol. The SMILES string of the molecule is Cc1cc(-c2cnc(Nc3ccc(CN4CCN(C)CC4)cn3)s2)nc(Cl)n1. The van der Waals surface area contributed by atoms with E-state index in [0.29, 0.717) is 0 Å². The molecule has 146 valence electrons. The predicted octanol–water partition coefficient (Wildman–Crippen LogP) is 3.45. The number of nitrogens with zero attached hydrogens (tertiary/aromatic N) is 6. The number of anilines is 2. The minimum atomic E-state index is 0.246. The number of rotatable bonds is 5. The van der Waals surface area contributed by atoms with E-state index in [4.69, 9.17) is 11.6 Å². The van der Waals surface area contributed by atoms with Gasteiger partial charge in [0.25, 0.3) is 0 Å². The zero-order valence-electron chi connectivity index (χ0n) is 15.9. The van der Waals surface area contributed by atoms with Crippen molar-refractivity contribution in [2.24, 2.45) is 0 Å². The number of halogens is 1. The lowest BCUT2D eigenvalue weighted by Gasteiger charge is -2.32. The Hall–Kier alpha value is -2.13. The Morgan fingerprint density at radius 1 is 1.11 bits per heavy atom. The van der Waals surface area contributed by atoms with Gasteiger partial charge in [-0.2, -0.15) is 0 Å². The number of hydrogen-bond acceptors (Lipinski definition) is 8. The Morgan fingerprint density at radius 2 is 1.93 bits per heavy atom. The van der Waals surface area contributed by atoms with E-state index < -0.39 is 0 Å². The summed E-state index contributed by atoms with van der Waals surface area (Å²) in [4.78, 5) is 23.1. The van der Waals surface area contributed by atoms with Crippen molar-refractivity contribution in [3.63, 3.8) is 0 Å². The Balaban J connectivity index is 1.39. The van der Waals surface area contributed by atoms with E-state index >= 15 is 0 Å². The van der Waals surface area contributed by atoms with Gasteiger partial charge in [-0.15, -0.1) is 0 Å². The molecule has 0 atom stereocenters. The zero-order chi connectivity index (χ0) is 19.5. The van der Waals surface area contributed by atoms with E-state index in [1.54, 1.807) is 6.20 Å². The number of hydrogen-bond donors (Lipinski definition) is 1. The van der Waals surface area contributed by atoms with Crippen LogP contribution in [0.15, 0.2) is 30.6 Å². The van der Waals surface area contributed by atoms with Gasteiger partial charge in [-0.3, -0.25) is 4.90 Å². The fourth-order valence-corrected chi connectivity index (χ4v) is 4.08. The van der Waals surface area contributed by atoms with Crippen molar-refractivity contribution in [3.05, 3.63) is 47.1 Å². The van der Waals surface area contributed by atoms with Crippen molar-refractivity contribution in [1.82, 2.24) is 29.7 Å². The van der Waals surface area contributed by atoms with E-state index in [0.717, 1.165) is 59.9 Å². The third-order valence-corrected chi connectivity index (χ3v) is 5.75. The largest absolute Gasteiger partial charge is 0.316 e. The van der Waals surface area contributed by atoms with Gasteiger partial charge in [0.05, 0.1) is 10.6 Å². The lowest BCUT2D eigenvalue weighted by Crippen LogP contribution is -2.43. The highest BCUT2D eigenvalue weighted by atomic mass is 35.5. The minimum absolute atomic E-state index is 0.246. The molecule has 4 rings (SSSR count). The Bertz CT molecular complexity index is 915. The van der Waals surface area contributed by atoms with Crippen molar-refractivity contribution < 1.29 is 0 Å². The number of nitrogens with one attached hydrogen (secondary N) is 1. The third kappa shape index (κ3) is 4.82. The first-order chi connectivity index (χ1) is 13.5. The van der Waals surface area contributed by atoms with Gasteiger partial charge in [-0.25, -0.2) is 19.9 Å². The number of pyridine rings is 1. The summed E-state index contributed by atoms with van der Waals surface area (Å²) in [6.07, 6.45) is 3.72. The summed E-state index contributed by atoms with van der Waals surface area (Å²) >= 11 is 7.47. The Labute approximate surface area is 173 Å². The lowest BCUT2D eigenvalue weighted by atomic mass is 10.2. The number of piperazine rings is 1. The molecular weight excluding hydrogens is 394 g/mol. The van der Waals surface area contributed by atoms with Crippen LogP contribution in [0.1, 0.15) is 11.3 Å². The average Bonchev–Trinajstić information content (AvgIpc) is 3.13. The molecule has 0 bridgehead atoms. The van der Waals surface area contributed by atoms with Crippen LogP contribution < -0.4 is 5.32 Å². The molecule has 3 aromatic heterocycles. The summed E-state index contributed by atoms with van der Waals surface area (Å²) in [5.41, 5.74) is 2.83. The molecule has 1 N–H and O–H groups in total. The van der Waals surface area contributed by atoms with Gasteiger partial charge in [0, 0.05) is 50.8 Å². The second-order valence-electron chi connectivity index (χ2n) is 6.95. The Morgan fingerprint density at radius 3 is 2.64 bits per heavy atom. The van der Waals surface area contributed by atoms with E-state index in [1.807, 2.05) is 25.3 Å². The highest BCUT2D eigenvalue weighted by Crippen LogP contribution is 2.30. The second kappa shape index (κ2) is 8.48. The Kier molecular flexibility index (Phi) is 5.82. The summed E-state index contributed by atoms with van der Waals surface area (Å²) in [5.74, 6) is 0.778. The number of likely N-dealkylation sites (N-methyl/N-ethyl adjacent to an activating group) is 1. The van der Waals surface area contributed by atoms with Crippen molar-refractivity contribution >= 4 is 33.9 Å². The van der Waals surface area contributed by atoms with E-state index in [1.165, 1.54) is 16.9 Å². The molecule has 0 spiro atoms. The first-order valence-electron chi connectivity index (χ1n) is 9.15. The zero-order valence-corrected chi connectivity index (χ0v) is 17.5. The number of thiazole rings is 1. The fraction of sp³-hybridized carbons (Fsp3) is 0.368. The maximum absolute atomic E-state index is 5.96. The average molecular weight is 416 g/mol. The summed E-state index contributed by atoms with van der Waals surface area (Å²) in [7, 11) is 2.17. The van der Waals surface area contributed by atoms with Crippen LogP contribution in [0.5, 0.6) is 0 Å². The van der Waals surface area contributed by atoms with Crippen LogP contribution in [0.3, 0.4) is 0 Å². The number of aryl methyl sites for hydroxylation is 1.